The molecule has 0 spiro atoms. The molecular weight excluding hydrogens is 286 g/mol. The third-order valence-electron chi connectivity index (χ3n) is 3.23. The molecular formula is C15H17N3O2S. The standard InChI is InChI=1S/C15H17N3O2S/c1-3-13-17-14(16)9(2)15(18-13)21-10-4-5-11-12(8-10)20-7-6-19-11/h4-5,8H,3,6-7H2,1-2H3,(H2,16,17,18). The van der Waals surface area contributed by atoms with Crippen LogP contribution < -0.4 is 15.2 Å². The van der Waals surface area contributed by atoms with E-state index in [4.69, 9.17) is 15.2 Å². The van der Waals surface area contributed by atoms with E-state index in [-0.39, 0.29) is 0 Å². The smallest absolute Gasteiger partial charge is 0.162 e. The Bertz CT molecular complexity index is 676. The molecule has 2 aromatic rings. The maximum Gasteiger partial charge on any atom is 0.162 e. The third-order valence-corrected chi connectivity index (χ3v) is 4.31. The molecule has 110 valence electrons. The number of nitrogens with two attached hydrogens (primary N) is 1. The number of aromatic nitrogens is 2. The van der Waals surface area contributed by atoms with E-state index < -0.39 is 0 Å². The molecule has 0 fully saturated rings. The summed E-state index contributed by atoms with van der Waals surface area (Å²) in [6, 6.07) is 5.90. The molecule has 0 saturated heterocycles. The summed E-state index contributed by atoms with van der Waals surface area (Å²) in [5, 5.41) is 0.885. The van der Waals surface area contributed by atoms with Gasteiger partial charge in [0.25, 0.3) is 0 Å². The largest absolute Gasteiger partial charge is 0.486 e. The number of hydrogen-bond acceptors (Lipinski definition) is 6. The van der Waals surface area contributed by atoms with Gasteiger partial charge < -0.3 is 15.2 Å². The van der Waals surface area contributed by atoms with Crippen LogP contribution in [0.4, 0.5) is 5.82 Å². The van der Waals surface area contributed by atoms with E-state index in [1.807, 2.05) is 32.0 Å². The summed E-state index contributed by atoms with van der Waals surface area (Å²) in [7, 11) is 0. The van der Waals surface area contributed by atoms with Crippen molar-refractivity contribution in [2.75, 3.05) is 18.9 Å². The van der Waals surface area contributed by atoms with E-state index >= 15 is 0 Å². The lowest BCUT2D eigenvalue weighted by atomic mass is 10.3. The Morgan fingerprint density at radius 1 is 1.19 bits per heavy atom. The van der Waals surface area contributed by atoms with Gasteiger partial charge in [0, 0.05) is 16.9 Å². The molecule has 2 heterocycles. The molecule has 0 aliphatic carbocycles. The lowest BCUT2D eigenvalue weighted by Crippen LogP contribution is -2.15. The minimum absolute atomic E-state index is 0.543. The van der Waals surface area contributed by atoms with Gasteiger partial charge in [-0.2, -0.15) is 0 Å². The fraction of sp³-hybridized carbons (Fsp3) is 0.333. The first kappa shape index (κ1) is 14.0. The molecule has 6 heteroatoms. The van der Waals surface area contributed by atoms with Crippen LogP contribution in [0.1, 0.15) is 18.3 Å². The second-order valence-electron chi connectivity index (χ2n) is 4.72. The van der Waals surface area contributed by atoms with Crippen LogP contribution in [0.3, 0.4) is 0 Å². The summed E-state index contributed by atoms with van der Waals surface area (Å²) in [6.07, 6.45) is 0.763. The van der Waals surface area contributed by atoms with Gasteiger partial charge in [0.1, 0.15) is 29.9 Å². The number of rotatable bonds is 3. The molecule has 0 unspecified atom stereocenters. The molecule has 5 nitrogen and oxygen atoms in total. The highest BCUT2D eigenvalue weighted by Gasteiger charge is 2.14. The van der Waals surface area contributed by atoms with Crippen LogP contribution in [0.2, 0.25) is 0 Å². The quantitative estimate of drug-likeness (QED) is 0.879. The number of nitrogens with zero attached hydrogens (tertiary/aromatic N) is 2. The van der Waals surface area contributed by atoms with Crippen molar-refractivity contribution in [3.63, 3.8) is 0 Å². The maximum atomic E-state index is 5.95. The van der Waals surface area contributed by atoms with Crippen LogP contribution >= 0.6 is 11.8 Å². The fourth-order valence-electron chi connectivity index (χ4n) is 2.01. The van der Waals surface area contributed by atoms with Crippen molar-refractivity contribution in [3.05, 3.63) is 29.6 Å². The van der Waals surface area contributed by atoms with Crippen LogP contribution in [-0.2, 0) is 6.42 Å². The predicted octanol–water partition coefficient (Wildman–Crippen LogP) is 2.85. The first-order chi connectivity index (χ1) is 10.2. The highest BCUT2D eigenvalue weighted by Crippen LogP contribution is 2.37. The molecule has 0 radical (unpaired) electrons. The topological polar surface area (TPSA) is 70.3 Å². The number of fused-ring (bicyclic) bond motifs is 1. The van der Waals surface area contributed by atoms with Gasteiger partial charge in [0.05, 0.1) is 0 Å². The van der Waals surface area contributed by atoms with Crippen LogP contribution in [0, 0.1) is 6.92 Å². The van der Waals surface area contributed by atoms with Crippen molar-refractivity contribution in [2.24, 2.45) is 0 Å². The second kappa shape index (κ2) is 5.81. The van der Waals surface area contributed by atoms with Gasteiger partial charge in [-0.25, -0.2) is 9.97 Å². The first-order valence-electron chi connectivity index (χ1n) is 6.88. The molecule has 2 N–H and O–H groups in total. The van der Waals surface area contributed by atoms with E-state index in [9.17, 15) is 0 Å². The summed E-state index contributed by atoms with van der Waals surface area (Å²) in [6.45, 7) is 5.14. The summed E-state index contributed by atoms with van der Waals surface area (Å²) in [5.74, 6) is 2.88. The van der Waals surface area contributed by atoms with Gasteiger partial charge in [-0.05, 0) is 25.1 Å². The Morgan fingerprint density at radius 2 is 1.95 bits per heavy atom. The number of benzene rings is 1. The Labute approximate surface area is 127 Å². The van der Waals surface area contributed by atoms with Crippen LogP contribution in [0.15, 0.2) is 28.1 Å². The summed E-state index contributed by atoms with van der Waals surface area (Å²) in [5.41, 5.74) is 6.86. The second-order valence-corrected chi connectivity index (χ2v) is 5.78. The van der Waals surface area contributed by atoms with E-state index in [0.717, 1.165) is 39.2 Å². The number of nitrogen functional groups attached to an aromatic ring is 1. The van der Waals surface area contributed by atoms with E-state index in [1.165, 1.54) is 0 Å². The molecule has 0 atom stereocenters. The normalized spacial score (nSPS) is 13.2. The monoisotopic (exact) mass is 303 g/mol. The van der Waals surface area contributed by atoms with Crippen molar-refractivity contribution in [1.82, 2.24) is 9.97 Å². The zero-order valence-corrected chi connectivity index (χ0v) is 12.9. The van der Waals surface area contributed by atoms with Crippen molar-refractivity contribution >= 4 is 17.6 Å². The zero-order valence-electron chi connectivity index (χ0n) is 12.0. The fourth-order valence-corrected chi connectivity index (χ4v) is 2.95. The van der Waals surface area contributed by atoms with Crippen LogP contribution in [0.25, 0.3) is 0 Å². The lowest BCUT2D eigenvalue weighted by molar-refractivity contribution is 0.171. The van der Waals surface area contributed by atoms with E-state index in [2.05, 4.69) is 9.97 Å². The highest BCUT2D eigenvalue weighted by molar-refractivity contribution is 7.99. The summed E-state index contributed by atoms with van der Waals surface area (Å²) >= 11 is 1.56. The van der Waals surface area contributed by atoms with Crippen molar-refractivity contribution in [3.8, 4) is 11.5 Å². The average molecular weight is 303 g/mol. The predicted molar refractivity (Wildman–Crippen MR) is 82.1 cm³/mol. The van der Waals surface area contributed by atoms with Gasteiger partial charge in [-0.1, -0.05) is 18.7 Å². The molecule has 0 amide bonds. The van der Waals surface area contributed by atoms with Crippen LogP contribution in [-0.4, -0.2) is 23.2 Å². The van der Waals surface area contributed by atoms with Crippen LogP contribution in [0.5, 0.6) is 11.5 Å². The van der Waals surface area contributed by atoms with Gasteiger partial charge in [-0.15, -0.1) is 0 Å². The molecule has 3 rings (SSSR count). The van der Waals surface area contributed by atoms with Crippen molar-refractivity contribution < 1.29 is 9.47 Å². The Kier molecular flexibility index (Phi) is 3.88. The van der Waals surface area contributed by atoms with Crippen molar-refractivity contribution in [2.45, 2.75) is 30.2 Å². The van der Waals surface area contributed by atoms with Gasteiger partial charge >= 0.3 is 0 Å². The third kappa shape index (κ3) is 2.90. The number of aryl methyl sites for hydroxylation is 1. The maximum absolute atomic E-state index is 5.95. The van der Waals surface area contributed by atoms with E-state index in [1.54, 1.807) is 11.8 Å². The Hall–Kier alpha value is -1.95. The number of ether oxygens (including phenoxy) is 2. The van der Waals surface area contributed by atoms with Crippen molar-refractivity contribution in [1.29, 1.82) is 0 Å². The molecule has 21 heavy (non-hydrogen) atoms. The molecule has 1 aromatic carbocycles. The highest BCUT2D eigenvalue weighted by atomic mass is 32.2. The average Bonchev–Trinajstić information content (AvgIpc) is 2.51. The minimum Gasteiger partial charge on any atom is -0.486 e. The number of hydrogen-bond donors (Lipinski definition) is 1. The lowest BCUT2D eigenvalue weighted by Gasteiger charge is -2.18. The SMILES string of the molecule is CCc1nc(N)c(C)c(Sc2ccc3c(c2)OCCO3)n1. The zero-order chi connectivity index (χ0) is 14.8. The van der Waals surface area contributed by atoms with E-state index in [0.29, 0.717) is 19.0 Å². The van der Waals surface area contributed by atoms with Gasteiger partial charge in [0.15, 0.2) is 11.5 Å². The minimum atomic E-state index is 0.543. The first-order valence-corrected chi connectivity index (χ1v) is 7.69. The molecule has 1 aliphatic rings. The summed E-state index contributed by atoms with van der Waals surface area (Å²) in [4.78, 5) is 9.88. The molecule has 0 saturated carbocycles. The molecule has 1 aliphatic heterocycles. The Morgan fingerprint density at radius 3 is 2.71 bits per heavy atom. The molecule has 0 bridgehead atoms. The summed E-state index contributed by atoms with van der Waals surface area (Å²) < 4.78 is 11.1. The number of anilines is 1. The Balaban J connectivity index is 1.91. The molecule has 1 aromatic heterocycles. The van der Waals surface area contributed by atoms with Gasteiger partial charge in [-0.3, -0.25) is 0 Å². The van der Waals surface area contributed by atoms with Gasteiger partial charge in [0.2, 0.25) is 0 Å².